The summed E-state index contributed by atoms with van der Waals surface area (Å²) < 4.78 is 1.98. The van der Waals surface area contributed by atoms with Gasteiger partial charge in [0, 0.05) is 32.7 Å². The lowest BCUT2D eigenvalue weighted by molar-refractivity contribution is 0.937. The van der Waals surface area contributed by atoms with E-state index in [0.717, 1.165) is 16.6 Å². The van der Waals surface area contributed by atoms with Crippen molar-refractivity contribution < 1.29 is 0 Å². The van der Waals surface area contributed by atoms with Gasteiger partial charge in [0.1, 0.15) is 5.69 Å². The van der Waals surface area contributed by atoms with Crippen LogP contribution >= 0.6 is 0 Å². The maximum atomic E-state index is 12.1. The number of fused-ring (bicyclic) bond motifs is 1. The SMILES string of the molecule is CN(C)c1cn(C)c2ccccc2c1=O. The van der Waals surface area contributed by atoms with Gasteiger partial charge in [0.2, 0.25) is 5.43 Å². The Bertz CT molecular complexity index is 555. The van der Waals surface area contributed by atoms with Gasteiger partial charge in [0.05, 0.1) is 5.52 Å². The Hall–Kier alpha value is -1.77. The van der Waals surface area contributed by atoms with Gasteiger partial charge in [-0.05, 0) is 12.1 Å². The van der Waals surface area contributed by atoms with Crippen molar-refractivity contribution >= 4 is 16.6 Å². The minimum Gasteiger partial charge on any atom is -0.373 e. The number of pyridine rings is 1. The van der Waals surface area contributed by atoms with Crippen LogP contribution in [0.2, 0.25) is 0 Å². The zero-order valence-electron chi connectivity index (χ0n) is 9.19. The summed E-state index contributed by atoms with van der Waals surface area (Å²) >= 11 is 0. The molecule has 0 amide bonds. The molecule has 3 nitrogen and oxygen atoms in total. The standard InChI is InChI=1S/C12H14N2O/c1-13(2)11-8-14(3)10-7-5-4-6-9(10)12(11)15/h4-8H,1-3H3. The maximum Gasteiger partial charge on any atom is 0.212 e. The van der Waals surface area contributed by atoms with E-state index in [2.05, 4.69) is 0 Å². The minimum atomic E-state index is 0.0914. The van der Waals surface area contributed by atoms with Gasteiger partial charge >= 0.3 is 0 Å². The van der Waals surface area contributed by atoms with Crippen molar-refractivity contribution in [2.45, 2.75) is 0 Å². The van der Waals surface area contributed by atoms with Crippen LogP contribution in [0, 0.1) is 0 Å². The van der Waals surface area contributed by atoms with Crippen molar-refractivity contribution in [2.24, 2.45) is 7.05 Å². The number of hydrogen-bond donors (Lipinski definition) is 0. The van der Waals surface area contributed by atoms with E-state index in [-0.39, 0.29) is 5.43 Å². The first-order chi connectivity index (χ1) is 7.11. The van der Waals surface area contributed by atoms with Crippen LogP contribution in [0.1, 0.15) is 0 Å². The topological polar surface area (TPSA) is 25.2 Å². The normalized spacial score (nSPS) is 10.6. The molecule has 0 aliphatic carbocycles. The van der Waals surface area contributed by atoms with Crippen LogP contribution in [0.25, 0.3) is 10.9 Å². The largest absolute Gasteiger partial charge is 0.373 e. The van der Waals surface area contributed by atoms with E-state index < -0.39 is 0 Å². The molecule has 15 heavy (non-hydrogen) atoms. The third kappa shape index (κ3) is 1.50. The Labute approximate surface area is 88.6 Å². The van der Waals surface area contributed by atoms with Crippen molar-refractivity contribution in [3.63, 3.8) is 0 Å². The Kier molecular flexibility index (Phi) is 2.23. The average Bonchev–Trinajstić information content (AvgIpc) is 2.23. The molecule has 0 bridgehead atoms. The molecule has 0 saturated heterocycles. The van der Waals surface area contributed by atoms with Crippen LogP contribution in [0.15, 0.2) is 35.3 Å². The van der Waals surface area contributed by atoms with E-state index >= 15 is 0 Å². The van der Waals surface area contributed by atoms with Crippen LogP contribution in [0.5, 0.6) is 0 Å². The number of para-hydroxylation sites is 1. The zero-order valence-corrected chi connectivity index (χ0v) is 9.19. The van der Waals surface area contributed by atoms with E-state index in [4.69, 9.17) is 0 Å². The predicted octanol–water partition coefficient (Wildman–Crippen LogP) is 1.60. The first kappa shape index (κ1) is 9.77. The minimum absolute atomic E-state index is 0.0914. The molecular formula is C12H14N2O. The fourth-order valence-electron chi connectivity index (χ4n) is 1.74. The molecule has 1 aromatic heterocycles. The van der Waals surface area contributed by atoms with E-state index in [1.807, 2.05) is 61.1 Å². The molecular weight excluding hydrogens is 188 g/mol. The van der Waals surface area contributed by atoms with E-state index in [1.165, 1.54) is 0 Å². The van der Waals surface area contributed by atoms with Gasteiger partial charge < -0.3 is 9.47 Å². The number of aryl methyl sites for hydroxylation is 1. The summed E-state index contributed by atoms with van der Waals surface area (Å²) in [4.78, 5) is 13.9. The van der Waals surface area contributed by atoms with Gasteiger partial charge in [0.15, 0.2) is 0 Å². The highest BCUT2D eigenvalue weighted by molar-refractivity contribution is 5.82. The van der Waals surface area contributed by atoms with Gasteiger partial charge in [0.25, 0.3) is 0 Å². The summed E-state index contributed by atoms with van der Waals surface area (Å²) in [6, 6.07) is 7.65. The second-order valence-corrected chi connectivity index (χ2v) is 3.87. The van der Waals surface area contributed by atoms with Crippen LogP contribution in [0.4, 0.5) is 5.69 Å². The quantitative estimate of drug-likeness (QED) is 0.702. The summed E-state index contributed by atoms with van der Waals surface area (Å²) in [7, 11) is 5.71. The molecule has 2 aromatic rings. The molecule has 1 heterocycles. The molecule has 78 valence electrons. The number of anilines is 1. The second kappa shape index (κ2) is 3.42. The average molecular weight is 202 g/mol. The molecule has 0 unspecified atom stereocenters. The van der Waals surface area contributed by atoms with Gasteiger partial charge in [-0.3, -0.25) is 4.79 Å². The summed E-state index contributed by atoms with van der Waals surface area (Å²) in [6.07, 6.45) is 1.87. The van der Waals surface area contributed by atoms with Crippen LogP contribution < -0.4 is 10.3 Å². The molecule has 0 N–H and O–H groups in total. The lowest BCUT2D eigenvalue weighted by Gasteiger charge is -2.14. The smallest absolute Gasteiger partial charge is 0.212 e. The second-order valence-electron chi connectivity index (χ2n) is 3.87. The number of benzene rings is 1. The third-order valence-corrected chi connectivity index (χ3v) is 2.56. The first-order valence-corrected chi connectivity index (χ1v) is 4.87. The van der Waals surface area contributed by atoms with Gasteiger partial charge in [-0.25, -0.2) is 0 Å². The van der Waals surface area contributed by atoms with Crippen LogP contribution in [0.3, 0.4) is 0 Å². The molecule has 0 radical (unpaired) electrons. The number of aromatic nitrogens is 1. The van der Waals surface area contributed by atoms with Gasteiger partial charge in [-0.15, -0.1) is 0 Å². The van der Waals surface area contributed by atoms with E-state index in [9.17, 15) is 4.79 Å². The van der Waals surface area contributed by atoms with Crippen LogP contribution in [-0.2, 0) is 7.05 Å². The van der Waals surface area contributed by atoms with Gasteiger partial charge in [-0.1, -0.05) is 12.1 Å². The van der Waals surface area contributed by atoms with Crippen molar-refractivity contribution in [1.82, 2.24) is 4.57 Å². The van der Waals surface area contributed by atoms with Crippen LogP contribution in [-0.4, -0.2) is 18.7 Å². The molecule has 0 fully saturated rings. The lowest BCUT2D eigenvalue weighted by atomic mass is 10.2. The molecule has 0 spiro atoms. The van der Waals surface area contributed by atoms with Crippen molar-refractivity contribution in [1.29, 1.82) is 0 Å². The van der Waals surface area contributed by atoms with Gasteiger partial charge in [-0.2, -0.15) is 0 Å². The monoisotopic (exact) mass is 202 g/mol. The maximum absolute atomic E-state index is 12.1. The fourth-order valence-corrected chi connectivity index (χ4v) is 1.74. The van der Waals surface area contributed by atoms with Crippen molar-refractivity contribution in [2.75, 3.05) is 19.0 Å². The Morgan fingerprint density at radius 1 is 1.20 bits per heavy atom. The summed E-state index contributed by atoms with van der Waals surface area (Å²) in [5.74, 6) is 0. The molecule has 3 heteroatoms. The highest BCUT2D eigenvalue weighted by Crippen LogP contribution is 2.13. The van der Waals surface area contributed by atoms with E-state index in [1.54, 1.807) is 0 Å². The summed E-state index contributed by atoms with van der Waals surface area (Å²) in [6.45, 7) is 0. The fraction of sp³-hybridized carbons (Fsp3) is 0.250. The number of nitrogens with zero attached hydrogens (tertiary/aromatic N) is 2. The first-order valence-electron chi connectivity index (χ1n) is 4.87. The van der Waals surface area contributed by atoms with Crippen molar-refractivity contribution in [3.8, 4) is 0 Å². The molecule has 0 aliphatic heterocycles. The Morgan fingerprint density at radius 2 is 1.87 bits per heavy atom. The van der Waals surface area contributed by atoms with E-state index in [0.29, 0.717) is 0 Å². The molecule has 0 saturated carbocycles. The highest BCUT2D eigenvalue weighted by atomic mass is 16.1. The third-order valence-electron chi connectivity index (χ3n) is 2.56. The molecule has 1 aromatic carbocycles. The zero-order chi connectivity index (χ0) is 11.0. The summed E-state index contributed by atoms with van der Waals surface area (Å²) in [5, 5.41) is 0.770. The molecule has 0 aliphatic rings. The number of hydrogen-bond acceptors (Lipinski definition) is 2. The van der Waals surface area contributed by atoms with Crippen molar-refractivity contribution in [3.05, 3.63) is 40.7 Å². The Morgan fingerprint density at radius 3 is 2.53 bits per heavy atom. The predicted molar refractivity (Wildman–Crippen MR) is 63.5 cm³/mol. The molecule has 0 atom stereocenters. The Balaban J connectivity index is 2.91. The number of rotatable bonds is 1. The highest BCUT2D eigenvalue weighted by Gasteiger charge is 2.07. The summed E-state index contributed by atoms with van der Waals surface area (Å²) in [5.41, 5.74) is 1.78. The lowest BCUT2D eigenvalue weighted by Crippen LogP contribution is -2.20. The molecule has 2 rings (SSSR count).